The van der Waals surface area contributed by atoms with Crippen molar-refractivity contribution >= 4 is 11.6 Å². The van der Waals surface area contributed by atoms with E-state index in [9.17, 15) is 4.79 Å². The molecule has 0 unspecified atom stereocenters. The third-order valence-corrected chi connectivity index (χ3v) is 4.37. The van der Waals surface area contributed by atoms with E-state index in [1.54, 1.807) is 32.1 Å². The molecule has 0 aliphatic rings. The van der Waals surface area contributed by atoms with Crippen molar-refractivity contribution in [2.75, 3.05) is 19.5 Å². The fraction of sp³-hybridized carbons (Fsp3) is 0.316. The Hall–Kier alpha value is -3.29. The van der Waals surface area contributed by atoms with Crippen LogP contribution in [0.15, 0.2) is 30.6 Å². The molecule has 27 heavy (non-hydrogen) atoms. The van der Waals surface area contributed by atoms with Gasteiger partial charge in [-0.3, -0.25) is 14.2 Å². The fourth-order valence-corrected chi connectivity index (χ4v) is 2.91. The van der Waals surface area contributed by atoms with Crippen molar-refractivity contribution in [1.29, 1.82) is 0 Å². The number of benzene rings is 1. The molecule has 8 heteroatoms. The van der Waals surface area contributed by atoms with Crippen LogP contribution >= 0.6 is 0 Å². The average Bonchev–Trinajstić information content (AvgIpc) is 3.20. The lowest BCUT2D eigenvalue weighted by atomic mass is 10.2. The monoisotopic (exact) mass is 369 g/mol. The molecule has 2 heterocycles. The number of aromatic nitrogens is 4. The van der Waals surface area contributed by atoms with E-state index < -0.39 is 0 Å². The summed E-state index contributed by atoms with van der Waals surface area (Å²) in [6, 6.07) is 5.75. The molecule has 3 rings (SSSR count). The van der Waals surface area contributed by atoms with Gasteiger partial charge in [0.2, 0.25) is 0 Å². The first kappa shape index (κ1) is 18.5. The summed E-state index contributed by atoms with van der Waals surface area (Å²) in [5.74, 6) is 1.14. The summed E-state index contributed by atoms with van der Waals surface area (Å²) in [5, 5.41) is 11.5. The van der Waals surface area contributed by atoms with Gasteiger partial charge in [0.25, 0.3) is 5.91 Å². The van der Waals surface area contributed by atoms with E-state index in [0.717, 1.165) is 17.0 Å². The standard InChI is InChI=1S/C19H23N5O3/c1-12-18(21-19(25)15-9-20-23(3)11-15)13(2)24(22-12)10-14-6-7-16(26-4)17(8-14)27-5/h6-9,11H,10H2,1-5H3,(H,21,25). The van der Waals surface area contributed by atoms with Crippen molar-refractivity contribution < 1.29 is 14.3 Å². The summed E-state index contributed by atoms with van der Waals surface area (Å²) in [5.41, 5.74) is 3.86. The number of carbonyl (C=O) groups is 1. The van der Waals surface area contributed by atoms with Gasteiger partial charge in [0.05, 0.1) is 49.6 Å². The van der Waals surface area contributed by atoms with Crippen molar-refractivity contribution in [3.05, 3.63) is 53.1 Å². The zero-order chi connectivity index (χ0) is 19.6. The van der Waals surface area contributed by atoms with Crippen LogP contribution in [0.5, 0.6) is 11.5 Å². The first-order valence-electron chi connectivity index (χ1n) is 8.47. The molecule has 0 fully saturated rings. The van der Waals surface area contributed by atoms with Crippen LogP contribution in [0.1, 0.15) is 27.3 Å². The molecule has 1 aromatic carbocycles. The minimum atomic E-state index is -0.208. The smallest absolute Gasteiger partial charge is 0.258 e. The molecule has 142 valence electrons. The van der Waals surface area contributed by atoms with Crippen molar-refractivity contribution in [1.82, 2.24) is 19.6 Å². The van der Waals surface area contributed by atoms with E-state index in [4.69, 9.17) is 9.47 Å². The summed E-state index contributed by atoms with van der Waals surface area (Å²) in [7, 11) is 4.99. The molecule has 1 amide bonds. The number of aryl methyl sites for hydroxylation is 2. The zero-order valence-electron chi connectivity index (χ0n) is 16.1. The normalized spacial score (nSPS) is 10.7. The van der Waals surface area contributed by atoms with Crippen molar-refractivity contribution in [3.8, 4) is 11.5 Å². The molecule has 0 atom stereocenters. The predicted molar refractivity (Wildman–Crippen MR) is 102 cm³/mol. The lowest BCUT2D eigenvalue weighted by molar-refractivity contribution is 0.102. The Labute approximate surface area is 157 Å². The minimum Gasteiger partial charge on any atom is -0.493 e. The van der Waals surface area contributed by atoms with Crippen LogP contribution in [0.3, 0.4) is 0 Å². The van der Waals surface area contributed by atoms with E-state index in [-0.39, 0.29) is 5.91 Å². The highest BCUT2D eigenvalue weighted by Gasteiger charge is 2.17. The zero-order valence-corrected chi connectivity index (χ0v) is 16.1. The second kappa shape index (κ2) is 7.53. The predicted octanol–water partition coefficient (Wildman–Crippen LogP) is 2.55. The number of anilines is 1. The molecule has 0 spiro atoms. The van der Waals surface area contributed by atoms with Crippen LogP contribution < -0.4 is 14.8 Å². The summed E-state index contributed by atoms with van der Waals surface area (Å²) < 4.78 is 14.1. The van der Waals surface area contributed by atoms with Gasteiger partial charge in [0.1, 0.15) is 0 Å². The highest BCUT2D eigenvalue weighted by Crippen LogP contribution is 2.28. The Morgan fingerprint density at radius 2 is 1.93 bits per heavy atom. The van der Waals surface area contributed by atoms with Crippen molar-refractivity contribution in [3.63, 3.8) is 0 Å². The Morgan fingerprint density at radius 1 is 1.19 bits per heavy atom. The average molecular weight is 369 g/mol. The first-order valence-corrected chi connectivity index (χ1v) is 8.47. The van der Waals surface area contributed by atoms with Gasteiger partial charge in [-0.15, -0.1) is 0 Å². The number of ether oxygens (including phenoxy) is 2. The van der Waals surface area contributed by atoms with Crippen LogP contribution in [-0.4, -0.2) is 39.7 Å². The summed E-state index contributed by atoms with van der Waals surface area (Å²) in [4.78, 5) is 12.4. The Morgan fingerprint density at radius 3 is 2.56 bits per heavy atom. The van der Waals surface area contributed by atoms with E-state index in [0.29, 0.717) is 29.3 Å². The van der Waals surface area contributed by atoms with Crippen LogP contribution in [0.4, 0.5) is 5.69 Å². The van der Waals surface area contributed by atoms with Crippen molar-refractivity contribution in [2.45, 2.75) is 20.4 Å². The van der Waals surface area contributed by atoms with Gasteiger partial charge in [-0.05, 0) is 31.5 Å². The highest BCUT2D eigenvalue weighted by atomic mass is 16.5. The molecule has 3 aromatic rings. The third-order valence-electron chi connectivity index (χ3n) is 4.37. The number of nitrogens with zero attached hydrogens (tertiary/aromatic N) is 4. The molecule has 0 aliphatic carbocycles. The van der Waals surface area contributed by atoms with Gasteiger partial charge >= 0.3 is 0 Å². The molecular formula is C19H23N5O3. The van der Waals surface area contributed by atoms with Gasteiger partial charge in [-0.1, -0.05) is 6.07 Å². The van der Waals surface area contributed by atoms with E-state index in [1.165, 1.54) is 6.20 Å². The Bertz CT molecular complexity index is 974. The van der Waals surface area contributed by atoms with Gasteiger partial charge < -0.3 is 14.8 Å². The minimum absolute atomic E-state index is 0.208. The maximum atomic E-state index is 12.4. The number of methoxy groups -OCH3 is 2. The largest absolute Gasteiger partial charge is 0.493 e. The molecule has 0 aliphatic heterocycles. The summed E-state index contributed by atoms with van der Waals surface area (Å²) in [6.07, 6.45) is 3.21. The van der Waals surface area contributed by atoms with Gasteiger partial charge in [0.15, 0.2) is 11.5 Å². The number of hydrogen-bond donors (Lipinski definition) is 1. The Kier molecular flexibility index (Phi) is 5.16. The summed E-state index contributed by atoms with van der Waals surface area (Å²) >= 11 is 0. The lowest BCUT2D eigenvalue weighted by Gasteiger charge is -2.11. The van der Waals surface area contributed by atoms with Gasteiger partial charge in [0, 0.05) is 13.2 Å². The maximum absolute atomic E-state index is 12.4. The van der Waals surface area contributed by atoms with Crippen LogP contribution in [0.25, 0.3) is 0 Å². The second-order valence-corrected chi connectivity index (χ2v) is 6.25. The lowest BCUT2D eigenvalue weighted by Crippen LogP contribution is -2.12. The molecule has 2 aromatic heterocycles. The molecule has 8 nitrogen and oxygen atoms in total. The molecule has 0 saturated carbocycles. The molecule has 0 radical (unpaired) electrons. The first-order chi connectivity index (χ1) is 12.9. The number of nitrogens with one attached hydrogen (secondary N) is 1. The Balaban J connectivity index is 1.82. The number of hydrogen-bond acceptors (Lipinski definition) is 5. The van der Waals surface area contributed by atoms with E-state index in [2.05, 4.69) is 15.5 Å². The molecule has 0 saturated heterocycles. The van der Waals surface area contributed by atoms with Crippen molar-refractivity contribution in [2.24, 2.45) is 7.05 Å². The van der Waals surface area contributed by atoms with Crippen LogP contribution in [0, 0.1) is 13.8 Å². The summed E-state index contributed by atoms with van der Waals surface area (Å²) in [6.45, 7) is 4.35. The number of carbonyl (C=O) groups excluding carboxylic acids is 1. The SMILES string of the molecule is COc1ccc(Cn2nc(C)c(NC(=O)c3cnn(C)c3)c2C)cc1OC. The maximum Gasteiger partial charge on any atom is 0.258 e. The molecule has 0 bridgehead atoms. The van der Waals surface area contributed by atoms with Crippen LogP contribution in [0.2, 0.25) is 0 Å². The van der Waals surface area contributed by atoms with Gasteiger partial charge in [-0.25, -0.2) is 0 Å². The van der Waals surface area contributed by atoms with E-state index in [1.807, 2.05) is 36.7 Å². The van der Waals surface area contributed by atoms with Gasteiger partial charge in [-0.2, -0.15) is 10.2 Å². The number of rotatable bonds is 6. The fourth-order valence-electron chi connectivity index (χ4n) is 2.91. The third kappa shape index (κ3) is 3.79. The molecule has 1 N–H and O–H groups in total. The second-order valence-electron chi connectivity index (χ2n) is 6.25. The quantitative estimate of drug-likeness (QED) is 0.722. The topological polar surface area (TPSA) is 83.2 Å². The number of amides is 1. The van der Waals surface area contributed by atoms with E-state index >= 15 is 0 Å². The molecular weight excluding hydrogens is 346 g/mol. The highest BCUT2D eigenvalue weighted by molar-refractivity contribution is 6.04. The van der Waals surface area contributed by atoms with Crippen LogP contribution in [-0.2, 0) is 13.6 Å².